The number of aromatic nitrogens is 2. The van der Waals surface area contributed by atoms with E-state index in [-0.39, 0.29) is 5.82 Å². The maximum Gasteiger partial charge on any atom is 0.168 e. The maximum atomic E-state index is 10.9. The van der Waals surface area contributed by atoms with Gasteiger partial charge in [0, 0.05) is 30.0 Å². The molecule has 1 aliphatic heterocycles. The Hall–Kier alpha value is -3.48. The summed E-state index contributed by atoms with van der Waals surface area (Å²) in [5.74, 6) is 1.85. The number of hydrogen-bond donors (Lipinski definition) is 2. The highest BCUT2D eigenvalue weighted by Crippen LogP contribution is 2.37. The highest BCUT2D eigenvalue weighted by Gasteiger charge is 2.22. The van der Waals surface area contributed by atoms with E-state index in [0.29, 0.717) is 18.8 Å². The third-order valence-corrected chi connectivity index (χ3v) is 4.10. The molecule has 2 aromatic heterocycles. The van der Waals surface area contributed by atoms with Crippen LogP contribution in [-0.4, -0.2) is 29.1 Å². The summed E-state index contributed by atoms with van der Waals surface area (Å²) in [5, 5.41) is 3.29. The van der Waals surface area contributed by atoms with Gasteiger partial charge in [-0.1, -0.05) is 12.6 Å². The molecule has 0 fully saturated rings. The normalized spacial score (nSPS) is 13.3. The van der Waals surface area contributed by atoms with Crippen LogP contribution in [0.15, 0.2) is 47.9 Å². The second kappa shape index (κ2) is 8.27. The molecule has 0 aromatic carbocycles. The van der Waals surface area contributed by atoms with Crippen molar-refractivity contribution in [3.8, 4) is 5.75 Å². The Morgan fingerprint density at radius 1 is 1.48 bits per heavy atom. The van der Waals surface area contributed by atoms with Gasteiger partial charge >= 0.3 is 0 Å². The van der Waals surface area contributed by atoms with Gasteiger partial charge in [-0.05, 0) is 30.7 Å². The lowest BCUT2D eigenvalue weighted by atomic mass is 10.0. The Labute approximate surface area is 157 Å². The minimum Gasteiger partial charge on any atom is -0.492 e. The van der Waals surface area contributed by atoms with E-state index in [1.54, 1.807) is 18.5 Å². The zero-order chi connectivity index (χ0) is 19.2. The van der Waals surface area contributed by atoms with Crippen molar-refractivity contribution >= 4 is 23.9 Å². The standard InChI is InChI=1S/C20H21N5O2/c1-13(6-8-22-14(2)21)18-11-24-20(17-7-9-27-19(17)18)23-10-15-4-3-5-16(12-26)25-15/h3-6,8,11-12H,2,7,9-10,21H2,1H3,(H,23,24)/b13-6+,22-8-. The van der Waals surface area contributed by atoms with Gasteiger partial charge in [0.2, 0.25) is 0 Å². The number of allylic oxidation sites excluding steroid dienone is 2. The molecular weight excluding hydrogens is 342 g/mol. The number of fused-ring (bicyclic) bond motifs is 1. The Morgan fingerprint density at radius 2 is 2.33 bits per heavy atom. The first-order chi connectivity index (χ1) is 13.1. The fraction of sp³-hybridized carbons (Fsp3) is 0.200. The summed E-state index contributed by atoms with van der Waals surface area (Å²) < 4.78 is 5.84. The van der Waals surface area contributed by atoms with Gasteiger partial charge in [0.1, 0.15) is 23.1 Å². The van der Waals surface area contributed by atoms with E-state index in [0.717, 1.165) is 46.7 Å². The number of pyridine rings is 2. The summed E-state index contributed by atoms with van der Waals surface area (Å²) in [6.07, 6.45) is 6.75. The van der Waals surface area contributed by atoms with Crippen LogP contribution in [0.2, 0.25) is 0 Å². The van der Waals surface area contributed by atoms with E-state index in [4.69, 9.17) is 10.5 Å². The van der Waals surface area contributed by atoms with Crippen LogP contribution < -0.4 is 15.8 Å². The van der Waals surface area contributed by atoms with Crippen LogP contribution in [0.3, 0.4) is 0 Å². The van der Waals surface area contributed by atoms with Crippen LogP contribution in [0, 0.1) is 0 Å². The van der Waals surface area contributed by atoms with E-state index in [1.807, 2.05) is 25.1 Å². The third kappa shape index (κ3) is 4.38. The lowest BCUT2D eigenvalue weighted by Crippen LogP contribution is -2.06. The van der Waals surface area contributed by atoms with E-state index in [1.165, 1.54) is 0 Å². The third-order valence-electron chi connectivity index (χ3n) is 4.10. The number of carbonyl (C=O) groups excluding carboxylic acids is 1. The highest BCUT2D eigenvalue weighted by molar-refractivity contribution is 5.86. The van der Waals surface area contributed by atoms with Crippen molar-refractivity contribution < 1.29 is 9.53 Å². The minimum absolute atomic E-state index is 0.255. The van der Waals surface area contributed by atoms with Crippen LogP contribution in [0.25, 0.3) is 5.57 Å². The Kier molecular flexibility index (Phi) is 5.61. The van der Waals surface area contributed by atoms with Crippen LogP contribution in [-0.2, 0) is 13.0 Å². The molecule has 1 aliphatic rings. The molecule has 3 N–H and O–H groups in total. The van der Waals surface area contributed by atoms with Crippen LogP contribution >= 0.6 is 0 Å². The molecule has 27 heavy (non-hydrogen) atoms. The second-order valence-electron chi connectivity index (χ2n) is 6.07. The van der Waals surface area contributed by atoms with Gasteiger partial charge < -0.3 is 15.8 Å². The molecule has 0 amide bonds. The van der Waals surface area contributed by atoms with Crippen LogP contribution in [0.5, 0.6) is 5.75 Å². The monoisotopic (exact) mass is 363 g/mol. The van der Waals surface area contributed by atoms with Gasteiger partial charge in [-0.25, -0.2) is 15.0 Å². The number of aldehydes is 1. The molecule has 0 bridgehead atoms. The number of hydrogen-bond acceptors (Lipinski definition) is 7. The van der Waals surface area contributed by atoms with E-state index in [9.17, 15) is 4.79 Å². The zero-order valence-electron chi connectivity index (χ0n) is 15.1. The Morgan fingerprint density at radius 3 is 3.11 bits per heavy atom. The molecule has 0 radical (unpaired) electrons. The Bertz CT molecular complexity index is 934. The van der Waals surface area contributed by atoms with Crippen molar-refractivity contribution in [1.29, 1.82) is 0 Å². The summed E-state index contributed by atoms with van der Waals surface area (Å²) >= 11 is 0. The molecule has 0 saturated carbocycles. The number of carbonyl (C=O) groups is 1. The van der Waals surface area contributed by atoms with Crippen molar-refractivity contribution in [1.82, 2.24) is 9.97 Å². The van der Waals surface area contributed by atoms with Gasteiger partial charge in [-0.15, -0.1) is 0 Å². The maximum absolute atomic E-state index is 10.9. The lowest BCUT2D eigenvalue weighted by Gasteiger charge is -2.13. The molecule has 3 heterocycles. The smallest absolute Gasteiger partial charge is 0.168 e. The van der Waals surface area contributed by atoms with Crippen molar-refractivity contribution in [2.24, 2.45) is 10.7 Å². The summed E-state index contributed by atoms with van der Waals surface area (Å²) in [5.41, 5.74) is 9.54. The first-order valence-corrected chi connectivity index (χ1v) is 8.54. The number of anilines is 1. The number of ether oxygens (including phenoxy) is 1. The molecule has 3 rings (SSSR count). The molecule has 7 heteroatoms. The summed E-state index contributed by atoms with van der Waals surface area (Å²) in [4.78, 5) is 23.6. The molecule has 0 spiro atoms. The molecular formula is C20H21N5O2. The topological polar surface area (TPSA) is 102 Å². The predicted octanol–water partition coefficient (Wildman–Crippen LogP) is 2.74. The molecule has 2 aromatic rings. The van der Waals surface area contributed by atoms with Crippen molar-refractivity contribution in [2.45, 2.75) is 19.9 Å². The summed E-state index contributed by atoms with van der Waals surface area (Å²) in [6.45, 7) is 6.58. The fourth-order valence-corrected chi connectivity index (χ4v) is 2.79. The zero-order valence-corrected chi connectivity index (χ0v) is 15.1. The largest absolute Gasteiger partial charge is 0.492 e. The molecule has 0 unspecified atom stereocenters. The van der Waals surface area contributed by atoms with Gasteiger partial charge in [-0.2, -0.15) is 0 Å². The average molecular weight is 363 g/mol. The SMILES string of the molecule is C=C(N)/N=C\C=C(/C)c1cnc(NCc2cccc(C=O)n2)c2c1OCC2. The first kappa shape index (κ1) is 18.3. The summed E-state index contributed by atoms with van der Waals surface area (Å²) in [7, 11) is 0. The van der Waals surface area contributed by atoms with Gasteiger partial charge in [-0.3, -0.25) is 4.79 Å². The molecule has 0 atom stereocenters. The number of nitrogens with one attached hydrogen (secondary N) is 1. The van der Waals surface area contributed by atoms with Gasteiger partial charge in [0.15, 0.2) is 6.29 Å². The average Bonchev–Trinajstić information content (AvgIpc) is 3.16. The lowest BCUT2D eigenvalue weighted by molar-refractivity contribution is 0.111. The van der Waals surface area contributed by atoms with Crippen LogP contribution in [0.1, 0.15) is 34.2 Å². The Balaban J connectivity index is 1.81. The van der Waals surface area contributed by atoms with Gasteiger partial charge in [0.25, 0.3) is 0 Å². The number of rotatable bonds is 7. The molecule has 7 nitrogen and oxygen atoms in total. The van der Waals surface area contributed by atoms with E-state index >= 15 is 0 Å². The number of nitrogens with two attached hydrogens (primary N) is 1. The molecule has 0 aliphatic carbocycles. The summed E-state index contributed by atoms with van der Waals surface area (Å²) in [6, 6.07) is 5.35. The fourth-order valence-electron chi connectivity index (χ4n) is 2.79. The van der Waals surface area contributed by atoms with Crippen molar-refractivity contribution in [2.75, 3.05) is 11.9 Å². The first-order valence-electron chi connectivity index (χ1n) is 8.54. The second-order valence-corrected chi connectivity index (χ2v) is 6.07. The quantitative estimate of drug-likeness (QED) is 0.579. The van der Waals surface area contributed by atoms with Crippen molar-refractivity contribution in [3.05, 3.63) is 65.4 Å². The van der Waals surface area contributed by atoms with Crippen LogP contribution in [0.4, 0.5) is 5.82 Å². The predicted molar refractivity (Wildman–Crippen MR) is 106 cm³/mol. The number of nitrogens with zero attached hydrogens (tertiary/aromatic N) is 3. The van der Waals surface area contributed by atoms with Crippen molar-refractivity contribution in [3.63, 3.8) is 0 Å². The number of aliphatic imine (C=N–C) groups is 1. The highest BCUT2D eigenvalue weighted by atomic mass is 16.5. The molecule has 0 saturated heterocycles. The van der Waals surface area contributed by atoms with E-state index in [2.05, 4.69) is 26.9 Å². The van der Waals surface area contributed by atoms with Gasteiger partial charge in [0.05, 0.1) is 18.8 Å². The van der Waals surface area contributed by atoms with E-state index < -0.39 is 0 Å². The molecule has 138 valence electrons. The minimum atomic E-state index is 0.255.